The number of hydrogen-bond donors (Lipinski definition) is 0. The molecule has 16 heavy (non-hydrogen) atoms. The molecule has 1 aromatic carbocycles. The van der Waals surface area contributed by atoms with Crippen LogP contribution in [0.3, 0.4) is 0 Å². The molecular weight excluding hydrogens is 216 g/mol. The smallest absolute Gasteiger partial charge is 0.167 e. The fraction of sp³-hybridized carbons (Fsp3) is 0.500. The van der Waals surface area contributed by atoms with Gasteiger partial charge in [0.2, 0.25) is 0 Å². The van der Waals surface area contributed by atoms with Crippen LogP contribution in [0.15, 0.2) is 29.2 Å². The molecule has 1 saturated carbocycles. The molecule has 0 radical (unpaired) electrons. The van der Waals surface area contributed by atoms with E-state index in [4.69, 9.17) is 0 Å². The molecule has 0 saturated heterocycles. The minimum atomic E-state index is 0.310. The van der Waals surface area contributed by atoms with Crippen LogP contribution in [0.4, 0.5) is 0 Å². The van der Waals surface area contributed by atoms with Crippen molar-refractivity contribution in [3.63, 3.8) is 0 Å². The third kappa shape index (κ3) is 1.69. The highest BCUT2D eigenvalue weighted by Crippen LogP contribution is 2.41. The number of carbonyl (C=O) groups is 1. The van der Waals surface area contributed by atoms with Gasteiger partial charge in [0.05, 0.1) is 0 Å². The fourth-order valence-corrected chi connectivity index (χ4v) is 4.24. The average Bonchev–Trinajstić information content (AvgIpc) is 2.49. The van der Waals surface area contributed by atoms with Crippen molar-refractivity contribution >= 4 is 17.5 Å². The molecule has 0 aromatic heterocycles. The molecular formula is C14H16OS. The molecule has 0 N–H and O–H groups in total. The van der Waals surface area contributed by atoms with Crippen molar-refractivity contribution < 1.29 is 4.79 Å². The van der Waals surface area contributed by atoms with Gasteiger partial charge in [-0.2, -0.15) is 0 Å². The zero-order chi connectivity index (χ0) is 11.0. The summed E-state index contributed by atoms with van der Waals surface area (Å²) in [6, 6.07) is 8.12. The first-order valence-corrected chi connectivity index (χ1v) is 7.11. The molecule has 2 atom stereocenters. The minimum Gasteiger partial charge on any atom is -0.294 e. The first kappa shape index (κ1) is 10.4. The molecule has 2 aliphatic rings. The number of ketones is 1. The molecule has 3 rings (SSSR count). The van der Waals surface area contributed by atoms with E-state index in [2.05, 4.69) is 6.07 Å². The van der Waals surface area contributed by atoms with Crippen LogP contribution < -0.4 is 0 Å². The lowest BCUT2D eigenvalue weighted by molar-refractivity contribution is 0.0840. The van der Waals surface area contributed by atoms with Crippen LogP contribution in [0.5, 0.6) is 0 Å². The molecule has 1 aromatic rings. The molecule has 0 amide bonds. The van der Waals surface area contributed by atoms with Gasteiger partial charge in [-0.15, -0.1) is 11.8 Å². The lowest BCUT2D eigenvalue weighted by Crippen LogP contribution is -2.27. The zero-order valence-corrected chi connectivity index (χ0v) is 10.1. The number of thioether (sulfide) groups is 1. The van der Waals surface area contributed by atoms with E-state index in [1.54, 1.807) is 0 Å². The van der Waals surface area contributed by atoms with E-state index in [1.165, 1.54) is 24.2 Å². The van der Waals surface area contributed by atoms with Gasteiger partial charge in [0, 0.05) is 22.1 Å². The minimum absolute atomic E-state index is 0.310. The van der Waals surface area contributed by atoms with Crippen LogP contribution in [-0.4, -0.2) is 11.5 Å². The van der Waals surface area contributed by atoms with E-state index in [0.29, 0.717) is 17.6 Å². The topological polar surface area (TPSA) is 17.1 Å². The molecule has 84 valence electrons. The number of fused-ring (bicyclic) bond motifs is 2. The van der Waals surface area contributed by atoms with Gasteiger partial charge in [-0.3, -0.25) is 4.79 Å². The Morgan fingerprint density at radius 2 is 1.94 bits per heavy atom. The van der Waals surface area contributed by atoms with Gasteiger partial charge < -0.3 is 0 Å². The Labute approximate surface area is 101 Å². The second kappa shape index (κ2) is 4.25. The maximum Gasteiger partial charge on any atom is 0.167 e. The van der Waals surface area contributed by atoms with Gasteiger partial charge in [-0.1, -0.05) is 31.0 Å². The summed E-state index contributed by atoms with van der Waals surface area (Å²) in [4.78, 5) is 13.7. The Kier molecular flexibility index (Phi) is 2.76. The number of carbonyl (C=O) groups excluding carboxylic acids is 1. The number of benzene rings is 1. The summed E-state index contributed by atoms with van der Waals surface area (Å²) >= 11 is 1.88. The highest BCUT2D eigenvalue weighted by atomic mass is 32.2. The van der Waals surface area contributed by atoms with Gasteiger partial charge in [-0.25, -0.2) is 0 Å². The lowest BCUT2D eigenvalue weighted by atomic mass is 9.76. The number of Topliss-reactive ketones (excluding diaryl/α,β-unsaturated/α-hetero) is 1. The van der Waals surface area contributed by atoms with Crippen LogP contribution in [-0.2, 0) is 0 Å². The van der Waals surface area contributed by atoms with Crippen LogP contribution in [0.25, 0.3) is 0 Å². The molecule has 1 aliphatic carbocycles. The van der Waals surface area contributed by atoms with E-state index in [1.807, 2.05) is 30.0 Å². The van der Waals surface area contributed by atoms with Crippen molar-refractivity contribution in [3.05, 3.63) is 29.8 Å². The van der Waals surface area contributed by atoms with Gasteiger partial charge in [0.25, 0.3) is 0 Å². The average molecular weight is 232 g/mol. The van der Waals surface area contributed by atoms with E-state index < -0.39 is 0 Å². The van der Waals surface area contributed by atoms with Crippen LogP contribution in [0.1, 0.15) is 36.0 Å². The van der Waals surface area contributed by atoms with Crippen molar-refractivity contribution in [2.45, 2.75) is 30.6 Å². The summed E-state index contributed by atoms with van der Waals surface area (Å²) < 4.78 is 0. The first-order valence-electron chi connectivity index (χ1n) is 6.12. The SMILES string of the molecule is O=C1c2ccccc2SC[C@@H]2CCCC[C@@H]12. The predicted octanol–water partition coefficient (Wildman–Crippen LogP) is 3.78. The van der Waals surface area contributed by atoms with Gasteiger partial charge in [0.15, 0.2) is 5.78 Å². The summed E-state index contributed by atoms with van der Waals surface area (Å²) in [5.41, 5.74) is 0.974. The van der Waals surface area contributed by atoms with Crippen LogP contribution in [0.2, 0.25) is 0 Å². The van der Waals surface area contributed by atoms with Gasteiger partial charge in [0.1, 0.15) is 0 Å². The summed E-state index contributed by atoms with van der Waals surface area (Å²) in [7, 11) is 0. The normalized spacial score (nSPS) is 29.1. The maximum atomic E-state index is 12.5. The zero-order valence-electron chi connectivity index (χ0n) is 9.32. The summed E-state index contributed by atoms with van der Waals surface area (Å²) in [6.45, 7) is 0. The second-order valence-electron chi connectivity index (χ2n) is 4.82. The molecule has 0 unspecified atom stereocenters. The predicted molar refractivity (Wildman–Crippen MR) is 66.9 cm³/mol. The Morgan fingerprint density at radius 1 is 1.12 bits per heavy atom. The Morgan fingerprint density at radius 3 is 2.88 bits per heavy atom. The van der Waals surface area contributed by atoms with Crippen molar-refractivity contribution in [1.82, 2.24) is 0 Å². The highest BCUT2D eigenvalue weighted by Gasteiger charge is 2.34. The molecule has 0 bridgehead atoms. The largest absolute Gasteiger partial charge is 0.294 e. The number of rotatable bonds is 0. The standard InChI is InChI=1S/C14H16OS/c15-14-11-6-2-1-5-10(11)9-16-13-8-4-3-7-12(13)14/h3-4,7-8,10-11H,1-2,5-6,9H2/t10-,11+/m0/s1. The van der Waals surface area contributed by atoms with Crippen molar-refractivity contribution in [2.24, 2.45) is 11.8 Å². The summed E-state index contributed by atoms with van der Waals surface area (Å²) in [5.74, 6) is 2.47. The maximum absolute atomic E-state index is 12.5. The molecule has 1 fully saturated rings. The van der Waals surface area contributed by atoms with Gasteiger partial charge in [-0.05, 0) is 24.8 Å². The highest BCUT2D eigenvalue weighted by molar-refractivity contribution is 7.99. The van der Waals surface area contributed by atoms with Crippen LogP contribution >= 0.6 is 11.8 Å². The van der Waals surface area contributed by atoms with Crippen molar-refractivity contribution in [2.75, 3.05) is 5.75 Å². The van der Waals surface area contributed by atoms with E-state index in [9.17, 15) is 4.79 Å². The quantitative estimate of drug-likeness (QED) is 0.677. The third-order valence-electron chi connectivity index (χ3n) is 3.85. The number of hydrogen-bond acceptors (Lipinski definition) is 2. The fourth-order valence-electron chi connectivity index (χ4n) is 2.94. The van der Waals surface area contributed by atoms with Crippen molar-refractivity contribution in [1.29, 1.82) is 0 Å². The summed E-state index contributed by atoms with van der Waals surface area (Å²) in [6.07, 6.45) is 4.90. The third-order valence-corrected chi connectivity index (χ3v) is 5.11. The van der Waals surface area contributed by atoms with E-state index in [-0.39, 0.29) is 0 Å². The van der Waals surface area contributed by atoms with E-state index in [0.717, 1.165) is 17.7 Å². The monoisotopic (exact) mass is 232 g/mol. The molecule has 1 heterocycles. The Balaban J connectivity index is 1.99. The molecule has 2 heteroatoms. The Hall–Kier alpha value is -0.760. The molecule has 1 aliphatic heterocycles. The second-order valence-corrected chi connectivity index (χ2v) is 5.88. The Bertz CT molecular complexity index is 413. The van der Waals surface area contributed by atoms with E-state index >= 15 is 0 Å². The first-order chi connectivity index (χ1) is 7.86. The van der Waals surface area contributed by atoms with Gasteiger partial charge >= 0.3 is 0 Å². The molecule has 0 spiro atoms. The molecule has 1 nitrogen and oxygen atoms in total. The van der Waals surface area contributed by atoms with Crippen LogP contribution in [0, 0.1) is 11.8 Å². The summed E-state index contributed by atoms with van der Waals surface area (Å²) in [5, 5.41) is 0. The van der Waals surface area contributed by atoms with Crippen molar-refractivity contribution in [3.8, 4) is 0 Å². The lowest BCUT2D eigenvalue weighted by Gasteiger charge is -2.28.